The predicted molar refractivity (Wildman–Crippen MR) is 181 cm³/mol. The first kappa shape index (κ1) is 36.8. The van der Waals surface area contributed by atoms with E-state index >= 15 is 0 Å². The van der Waals surface area contributed by atoms with Crippen LogP contribution in [0, 0.1) is 5.92 Å². The van der Waals surface area contributed by atoms with E-state index in [0.717, 1.165) is 4.31 Å². The quantitative estimate of drug-likeness (QED) is 0.190. The van der Waals surface area contributed by atoms with Gasteiger partial charge >= 0.3 is 0 Å². The van der Waals surface area contributed by atoms with Crippen LogP contribution < -0.4 is 23.8 Å². The van der Waals surface area contributed by atoms with Gasteiger partial charge in [-0.2, -0.15) is 0 Å². The fourth-order valence-electron chi connectivity index (χ4n) is 4.68. The fourth-order valence-corrected chi connectivity index (χ4v) is 6.58. The second-order valence-electron chi connectivity index (χ2n) is 10.8. The molecule has 10 nitrogen and oxygen atoms in total. The standard InChI is InChI=1S/C33H41Cl2N3O7S/c1-7-29(33(40)36-19-22(3)4)37(20-23-9-10-24(34)17-28(23)35)32(39)21-38(25-11-13-26(14-12-25)45-8-2)46(41,42)27-15-16-30(43-5)31(18-27)44-6/h9-18,22,29H,7-8,19-21H2,1-6H3,(H,36,40). The minimum Gasteiger partial charge on any atom is -0.494 e. The van der Waals surface area contributed by atoms with Crippen LogP contribution in [0.3, 0.4) is 0 Å². The highest BCUT2D eigenvalue weighted by molar-refractivity contribution is 7.92. The van der Waals surface area contributed by atoms with E-state index < -0.39 is 28.5 Å². The Morgan fingerprint density at radius 2 is 1.59 bits per heavy atom. The molecule has 3 rings (SSSR count). The molecule has 0 aliphatic rings. The first-order valence-corrected chi connectivity index (χ1v) is 17.0. The monoisotopic (exact) mass is 693 g/mol. The number of sulfonamides is 1. The molecule has 0 bridgehead atoms. The van der Waals surface area contributed by atoms with Crippen LogP contribution in [0.25, 0.3) is 0 Å². The molecule has 0 radical (unpaired) electrons. The van der Waals surface area contributed by atoms with Gasteiger partial charge in [-0.05, 0) is 73.4 Å². The number of anilines is 1. The number of nitrogens with one attached hydrogen (secondary N) is 1. The second kappa shape index (κ2) is 16.8. The molecule has 0 heterocycles. The summed E-state index contributed by atoms with van der Waals surface area (Å²) >= 11 is 12.6. The highest BCUT2D eigenvalue weighted by atomic mass is 35.5. The van der Waals surface area contributed by atoms with Crippen molar-refractivity contribution >= 4 is 50.7 Å². The summed E-state index contributed by atoms with van der Waals surface area (Å²) in [5.74, 6) is 0.286. The minimum absolute atomic E-state index is 0.0596. The van der Waals surface area contributed by atoms with Crippen LogP contribution in [-0.4, -0.2) is 65.1 Å². The zero-order valence-electron chi connectivity index (χ0n) is 26.9. The van der Waals surface area contributed by atoms with Gasteiger partial charge in [-0.15, -0.1) is 0 Å². The van der Waals surface area contributed by atoms with Crippen LogP contribution in [0.15, 0.2) is 65.6 Å². The lowest BCUT2D eigenvalue weighted by Crippen LogP contribution is -2.52. The Balaban J connectivity index is 2.12. The fraction of sp³-hybridized carbons (Fsp3) is 0.394. The number of amides is 2. The predicted octanol–water partition coefficient (Wildman–Crippen LogP) is 6.18. The van der Waals surface area contributed by atoms with Gasteiger partial charge in [-0.1, -0.05) is 50.0 Å². The molecule has 3 aromatic rings. The van der Waals surface area contributed by atoms with E-state index in [1.807, 2.05) is 20.8 Å². The van der Waals surface area contributed by atoms with Crippen molar-refractivity contribution < 1.29 is 32.2 Å². The average molecular weight is 695 g/mol. The van der Waals surface area contributed by atoms with Gasteiger partial charge in [0.15, 0.2) is 11.5 Å². The number of methoxy groups -OCH3 is 2. The molecule has 3 aromatic carbocycles. The van der Waals surface area contributed by atoms with E-state index in [9.17, 15) is 18.0 Å². The number of carbonyl (C=O) groups excluding carboxylic acids is 2. The third-order valence-corrected chi connectivity index (χ3v) is 9.44. The lowest BCUT2D eigenvalue weighted by molar-refractivity contribution is -0.140. The molecular formula is C33H41Cl2N3O7S. The van der Waals surface area contributed by atoms with Gasteiger partial charge in [-0.3, -0.25) is 13.9 Å². The summed E-state index contributed by atoms with van der Waals surface area (Å²) in [6, 6.07) is 14.5. The number of benzene rings is 3. The maximum Gasteiger partial charge on any atom is 0.264 e. The van der Waals surface area contributed by atoms with Crippen molar-refractivity contribution in [1.29, 1.82) is 0 Å². The number of nitrogens with zero attached hydrogens (tertiary/aromatic N) is 2. The SMILES string of the molecule is CCOc1ccc(N(CC(=O)N(Cc2ccc(Cl)cc2Cl)C(CC)C(=O)NCC(C)C)S(=O)(=O)c2ccc(OC)c(OC)c2)cc1. The third-order valence-electron chi connectivity index (χ3n) is 7.08. The van der Waals surface area contributed by atoms with Crippen LogP contribution in [-0.2, 0) is 26.2 Å². The minimum atomic E-state index is -4.36. The topological polar surface area (TPSA) is 114 Å². The van der Waals surface area contributed by atoms with Gasteiger partial charge in [0.1, 0.15) is 18.3 Å². The molecule has 0 saturated heterocycles. The summed E-state index contributed by atoms with van der Waals surface area (Å²) in [7, 11) is -1.52. The van der Waals surface area contributed by atoms with Crippen LogP contribution in [0.2, 0.25) is 10.0 Å². The molecule has 1 atom stereocenters. The highest BCUT2D eigenvalue weighted by Gasteiger charge is 2.34. The van der Waals surface area contributed by atoms with Crippen LogP contribution in [0.5, 0.6) is 17.2 Å². The van der Waals surface area contributed by atoms with Crippen molar-refractivity contribution in [3.8, 4) is 17.2 Å². The Morgan fingerprint density at radius 1 is 0.913 bits per heavy atom. The van der Waals surface area contributed by atoms with Gasteiger partial charge in [0.25, 0.3) is 10.0 Å². The van der Waals surface area contributed by atoms with Crippen molar-refractivity contribution in [3.63, 3.8) is 0 Å². The molecule has 2 amide bonds. The van der Waals surface area contributed by atoms with E-state index in [2.05, 4.69) is 5.32 Å². The molecular weight excluding hydrogens is 653 g/mol. The second-order valence-corrected chi connectivity index (χ2v) is 13.5. The van der Waals surface area contributed by atoms with E-state index in [1.54, 1.807) is 49.4 Å². The van der Waals surface area contributed by atoms with Crippen molar-refractivity contribution in [2.75, 3.05) is 38.2 Å². The lowest BCUT2D eigenvalue weighted by atomic mass is 10.1. The van der Waals surface area contributed by atoms with Gasteiger partial charge in [0.2, 0.25) is 11.8 Å². The lowest BCUT2D eigenvalue weighted by Gasteiger charge is -2.33. The Labute approximate surface area is 281 Å². The summed E-state index contributed by atoms with van der Waals surface area (Å²) in [5.41, 5.74) is 0.762. The number of halogens is 2. The van der Waals surface area contributed by atoms with Gasteiger partial charge in [0, 0.05) is 29.2 Å². The maximum atomic E-state index is 14.3. The molecule has 46 heavy (non-hydrogen) atoms. The van der Waals surface area contributed by atoms with Crippen molar-refractivity contribution in [2.45, 2.75) is 51.6 Å². The van der Waals surface area contributed by atoms with E-state index in [-0.39, 0.29) is 41.1 Å². The number of hydrogen-bond donors (Lipinski definition) is 1. The summed E-state index contributed by atoms with van der Waals surface area (Å²) < 4.78 is 45.7. The molecule has 0 aliphatic heterocycles. The largest absolute Gasteiger partial charge is 0.494 e. The molecule has 0 spiro atoms. The Hall–Kier alpha value is -3.67. The zero-order chi connectivity index (χ0) is 34.0. The molecule has 1 N–H and O–H groups in total. The number of rotatable bonds is 16. The first-order chi connectivity index (χ1) is 21.9. The number of carbonyl (C=O) groups is 2. The first-order valence-electron chi connectivity index (χ1n) is 14.8. The normalized spacial score (nSPS) is 11.9. The summed E-state index contributed by atoms with van der Waals surface area (Å²) in [4.78, 5) is 29.0. The number of hydrogen-bond acceptors (Lipinski definition) is 7. The van der Waals surface area contributed by atoms with Crippen LogP contribution in [0.1, 0.15) is 39.7 Å². The van der Waals surface area contributed by atoms with Crippen molar-refractivity contribution in [2.24, 2.45) is 5.92 Å². The van der Waals surface area contributed by atoms with Gasteiger partial charge < -0.3 is 24.4 Å². The summed E-state index contributed by atoms with van der Waals surface area (Å²) in [6.07, 6.45) is 0.270. The third kappa shape index (κ3) is 9.20. The molecule has 13 heteroatoms. The smallest absolute Gasteiger partial charge is 0.264 e. The zero-order valence-corrected chi connectivity index (χ0v) is 29.2. The van der Waals surface area contributed by atoms with Crippen LogP contribution in [0.4, 0.5) is 5.69 Å². The molecule has 0 aliphatic carbocycles. The van der Waals surface area contributed by atoms with Gasteiger partial charge in [-0.25, -0.2) is 8.42 Å². The van der Waals surface area contributed by atoms with Crippen molar-refractivity contribution in [1.82, 2.24) is 10.2 Å². The van der Waals surface area contributed by atoms with E-state index in [4.69, 9.17) is 37.4 Å². The molecule has 0 fully saturated rings. The Morgan fingerprint density at radius 3 is 2.15 bits per heavy atom. The Kier molecular flexibility index (Phi) is 13.4. The van der Waals surface area contributed by atoms with Crippen molar-refractivity contribution in [3.05, 3.63) is 76.3 Å². The van der Waals surface area contributed by atoms with E-state index in [0.29, 0.717) is 40.3 Å². The van der Waals surface area contributed by atoms with Gasteiger partial charge in [0.05, 0.1) is 31.4 Å². The Bertz CT molecular complexity index is 1600. The van der Waals surface area contributed by atoms with Crippen LogP contribution >= 0.6 is 23.2 Å². The average Bonchev–Trinajstić information content (AvgIpc) is 3.03. The maximum absolute atomic E-state index is 14.3. The summed E-state index contributed by atoms with van der Waals surface area (Å²) in [6.45, 7) is 7.70. The molecule has 250 valence electrons. The highest BCUT2D eigenvalue weighted by Crippen LogP contribution is 2.33. The molecule has 0 saturated carbocycles. The summed E-state index contributed by atoms with van der Waals surface area (Å²) in [5, 5.41) is 3.62. The molecule has 0 aromatic heterocycles. The molecule has 1 unspecified atom stereocenters. The number of ether oxygens (including phenoxy) is 3. The van der Waals surface area contributed by atoms with E-state index in [1.165, 1.54) is 37.3 Å².